The van der Waals surface area contributed by atoms with E-state index >= 15 is 0 Å². The monoisotopic (exact) mass is 619 g/mol. The number of aryl methyl sites for hydroxylation is 1. The van der Waals surface area contributed by atoms with Crippen molar-refractivity contribution in [2.45, 2.75) is 34.1 Å². The van der Waals surface area contributed by atoms with Crippen molar-refractivity contribution in [3.63, 3.8) is 0 Å². The second kappa shape index (κ2) is 11.9. The van der Waals surface area contributed by atoms with Gasteiger partial charge in [0, 0.05) is 33.7 Å². The first kappa shape index (κ1) is 28.7. The molecule has 0 fully saturated rings. The molecule has 0 saturated heterocycles. The van der Waals surface area contributed by atoms with Crippen LogP contribution in [0.1, 0.15) is 17.8 Å². The normalized spacial score (nSPS) is 15.1. The quantitative estimate of drug-likeness (QED) is 0.171. The van der Waals surface area contributed by atoms with Crippen LogP contribution >= 0.6 is 46.6 Å². The van der Waals surface area contributed by atoms with Gasteiger partial charge in [-0.1, -0.05) is 23.1 Å². The summed E-state index contributed by atoms with van der Waals surface area (Å²) < 4.78 is 67.0. The second-order valence-electron chi connectivity index (χ2n) is 8.27. The molecule has 200 valence electrons. The number of thioether (sulfide) groups is 3. The van der Waals surface area contributed by atoms with Crippen molar-refractivity contribution in [3.05, 3.63) is 46.4 Å². The number of hydrogen-bond donors (Lipinski definition) is 2. The third kappa shape index (κ3) is 7.44. The molecule has 2 N–H and O–H groups in total. The summed E-state index contributed by atoms with van der Waals surface area (Å²) in [6.07, 6.45) is 6.57. The number of rotatable bonds is 11. The van der Waals surface area contributed by atoms with E-state index in [0.29, 0.717) is 13.1 Å². The molecule has 2 aromatic carbocycles. The molecule has 14 heteroatoms. The molecule has 4 rings (SSSR count). The van der Waals surface area contributed by atoms with Crippen LogP contribution in [0.15, 0.2) is 56.1 Å². The van der Waals surface area contributed by atoms with Crippen LogP contribution in [-0.4, -0.2) is 56.5 Å². The Bertz CT molecular complexity index is 1550. The molecule has 3 aromatic rings. The Morgan fingerprint density at radius 2 is 1.59 bits per heavy atom. The summed E-state index contributed by atoms with van der Waals surface area (Å²) >= 11 is 6.43. The van der Waals surface area contributed by atoms with Gasteiger partial charge in [-0.05, 0) is 49.3 Å². The van der Waals surface area contributed by atoms with Crippen LogP contribution in [0.5, 0.6) is 0 Å². The molecular formula is C23H27N2O6S6+. The second-order valence-corrected chi connectivity index (χ2v) is 15.3. The summed E-state index contributed by atoms with van der Waals surface area (Å²) in [7, 11) is -8.13. The van der Waals surface area contributed by atoms with Gasteiger partial charge in [-0.25, -0.2) is 0 Å². The first-order valence-electron chi connectivity index (χ1n) is 11.2. The maximum atomic E-state index is 11.3. The lowest BCUT2D eigenvalue weighted by Crippen LogP contribution is -2.36. The number of anilines is 1. The minimum Gasteiger partial charge on any atom is -0.335 e. The fourth-order valence-electron chi connectivity index (χ4n) is 4.01. The average molecular weight is 620 g/mol. The Hall–Kier alpha value is -1.26. The molecule has 0 unspecified atom stereocenters. The van der Waals surface area contributed by atoms with Crippen LogP contribution in [0.2, 0.25) is 0 Å². The number of thiazole rings is 1. The first-order chi connectivity index (χ1) is 17.5. The predicted octanol–water partition coefficient (Wildman–Crippen LogP) is 5.10. The van der Waals surface area contributed by atoms with Crippen molar-refractivity contribution in [2.75, 3.05) is 35.5 Å². The van der Waals surface area contributed by atoms with Gasteiger partial charge in [0.25, 0.3) is 25.2 Å². The van der Waals surface area contributed by atoms with Crippen LogP contribution in [-0.2, 0) is 26.8 Å². The molecule has 0 aliphatic carbocycles. The van der Waals surface area contributed by atoms with Crippen LogP contribution in [0.25, 0.3) is 16.3 Å². The van der Waals surface area contributed by atoms with Gasteiger partial charge in [0.1, 0.15) is 4.70 Å². The molecule has 0 atom stereocenters. The number of fused-ring (bicyclic) bond motifs is 2. The number of benzene rings is 2. The van der Waals surface area contributed by atoms with Crippen molar-refractivity contribution in [2.24, 2.45) is 0 Å². The van der Waals surface area contributed by atoms with Crippen LogP contribution in [0.3, 0.4) is 0 Å². The smallest absolute Gasteiger partial charge is 0.265 e. The molecule has 37 heavy (non-hydrogen) atoms. The standard InChI is InChI=1S/C23H26N2O6S6/c1-32-16-5-7-20-18(13-16)24(9-3-11-36(26,27)28)22(34-20)15-23-25(10-4-12-37(29,30)31)19-14-17(33-2)6-8-21(19)35-23/h5-8,13-15H,3-4,9-12H2,1-2H3,(H-,26,27,28,29,30,31)/p+1. The molecule has 0 radical (unpaired) electrons. The molecule has 0 saturated carbocycles. The molecule has 2 heterocycles. The van der Waals surface area contributed by atoms with E-state index in [9.17, 15) is 25.9 Å². The zero-order valence-electron chi connectivity index (χ0n) is 20.2. The summed E-state index contributed by atoms with van der Waals surface area (Å²) in [4.78, 5) is 5.31. The van der Waals surface area contributed by atoms with Gasteiger partial charge >= 0.3 is 0 Å². The van der Waals surface area contributed by atoms with E-state index in [1.54, 1.807) is 46.6 Å². The summed E-state index contributed by atoms with van der Waals surface area (Å²) in [5, 5.41) is 1.84. The van der Waals surface area contributed by atoms with E-state index < -0.39 is 20.2 Å². The Balaban J connectivity index is 1.75. The highest BCUT2D eigenvalue weighted by Gasteiger charge is 2.29. The minimum absolute atomic E-state index is 0.261. The number of hydrogen-bond acceptors (Lipinski definition) is 9. The largest absolute Gasteiger partial charge is 0.335 e. The van der Waals surface area contributed by atoms with Crippen molar-refractivity contribution in [1.82, 2.24) is 0 Å². The molecular weight excluding hydrogens is 593 g/mol. The molecule has 0 bridgehead atoms. The molecule has 1 aliphatic rings. The van der Waals surface area contributed by atoms with E-state index in [-0.39, 0.29) is 24.3 Å². The van der Waals surface area contributed by atoms with E-state index in [2.05, 4.69) is 45.9 Å². The highest BCUT2D eigenvalue weighted by atomic mass is 32.2. The van der Waals surface area contributed by atoms with Crippen LogP contribution in [0, 0.1) is 0 Å². The first-order valence-corrected chi connectivity index (χ1v) is 18.5. The van der Waals surface area contributed by atoms with E-state index in [1.165, 1.54) is 0 Å². The Labute approximate surface area is 234 Å². The maximum absolute atomic E-state index is 11.3. The van der Waals surface area contributed by atoms with Crippen molar-refractivity contribution in [1.29, 1.82) is 0 Å². The fourth-order valence-corrected chi connectivity index (χ4v) is 8.15. The van der Waals surface area contributed by atoms with Crippen LogP contribution in [0.4, 0.5) is 5.69 Å². The molecule has 1 aliphatic heterocycles. The molecule has 8 nitrogen and oxygen atoms in total. The maximum Gasteiger partial charge on any atom is 0.265 e. The zero-order valence-corrected chi connectivity index (χ0v) is 25.1. The topological polar surface area (TPSA) is 116 Å². The van der Waals surface area contributed by atoms with Gasteiger partial charge in [0.05, 0.1) is 28.3 Å². The summed E-state index contributed by atoms with van der Waals surface area (Å²) in [5.41, 5.74) is 1.98. The lowest BCUT2D eigenvalue weighted by Gasteiger charge is -2.20. The molecule has 1 aromatic heterocycles. The van der Waals surface area contributed by atoms with Gasteiger partial charge in [0.2, 0.25) is 5.52 Å². The lowest BCUT2D eigenvalue weighted by atomic mass is 10.2. The highest BCUT2D eigenvalue weighted by Crippen LogP contribution is 2.48. The predicted molar refractivity (Wildman–Crippen MR) is 155 cm³/mol. The highest BCUT2D eigenvalue weighted by molar-refractivity contribution is 8.04. The SMILES string of the molecule is CSc1ccc2c(c1)N(CCCS(=O)(=O)O)/C(=C/c1sc3ccc(SC)cc3[n+]1CCCS(=O)(=O)O)S2. The van der Waals surface area contributed by atoms with Gasteiger partial charge in [-0.15, -0.1) is 23.5 Å². The third-order valence-electron chi connectivity index (χ3n) is 5.69. The number of nitrogens with zero attached hydrogens (tertiary/aromatic N) is 2. The Kier molecular flexibility index (Phi) is 9.21. The van der Waals surface area contributed by atoms with Crippen molar-refractivity contribution in [3.8, 4) is 0 Å². The van der Waals surface area contributed by atoms with E-state index in [0.717, 1.165) is 40.6 Å². The summed E-state index contributed by atoms with van der Waals surface area (Å²) in [6, 6.07) is 12.4. The summed E-state index contributed by atoms with van der Waals surface area (Å²) in [5.74, 6) is -0.649. The minimum atomic E-state index is -4.07. The van der Waals surface area contributed by atoms with Gasteiger partial charge in [-0.3, -0.25) is 9.11 Å². The third-order valence-corrected chi connectivity index (χ3v) is 11.0. The fraction of sp³-hybridized carbons (Fsp3) is 0.348. The average Bonchev–Trinajstić information content (AvgIpc) is 3.34. The van der Waals surface area contributed by atoms with E-state index in [4.69, 9.17) is 0 Å². The van der Waals surface area contributed by atoms with Crippen LogP contribution < -0.4 is 9.47 Å². The molecule has 0 spiro atoms. The van der Waals surface area contributed by atoms with Gasteiger partial charge < -0.3 is 4.90 Å². The lowest BCUT2D eigenvalue weighted by molar-refractivity contribution is -0.668. The van der Waals surface area contributed by atoms with Crippen molar-refractivity contribution >= 4 is 88.8 Å². The molecule has 0 amide bonds. The van der Waals surface area contributed by atoms with Gasteiger partial charge in [-0.2, -0.15) is 21.4 Å². The van der Waals surface area contributed by atoms with Gasteiger partial charge in [0.15, 0.2) is 6.54 Å². The van der Waals surface area contributed by atoms with Crippen molar-refractivity contribution < 1.29 is 30.5 Å². The zero-order chi connectivity index (χ0) is 26.8. The van der Waals surface area contributed by atoms with E-state index in [1.807, 2.05) is 18.6 Å². The number of aromatic nitrogens is 1. The Morgan fingerprint density at radius 3 is 2.27 bits per heavy atom. The Morgan fingerprint density at radius 1 is 0.946 bits per heavy atom. The summed E-state index contributed by atoms with van der Waals surface area (Å²) in [6.45, 7) is 0.821.